The zero-order valence-electron chi connectivity index (χ0n) is 9.74. The second kappa shape index (κ2) is 5.64. The van der Waals surface area contributed by atoms with Gasteiger partial charge in [-0.05, 0) is 19.3 Å². The van der Waals surface area contributed by atoms with Crippen LogP contribution in [-0.4, -0.2) is 29.7 Å². The van der Waals surface area contributed by atoms with E-state index in [9.17, 15) is 5.11 Å². The average molecular weight is 214 g/mol. The molecule has 1 fully saturated rings. The lowest BCUT2D eigenvalue weighted by Gasteiger charge is -2.25. The van der Waals surface area contributed by atoms with E-state index in [1.54, 1.807) is 6.08 Å². The van der Waals surface area contributed by atoms with Crippen LogP contribution in [0.5, 0.6) is 0 Å². The van der Waals surface area contributed by atoms with E-state index < -0.39 is 5.79 Å². The standard InChI is InChI=1S/C12H22O3/c1-4-7-10(13)8-11-9-14-12(5-2,6-3)15-11/h4,10-11,13H,1,5-9H2,2-3H3/t10-,11+/m0/s1. The van der Waals surface area contributed by atoms with Gasteiger partial charge in [0.15, 0.2) is 5.79 Å². The molecule has 2 atom stereocenters. The Labute approximate surface area is 92.1 Å². The largest absolute Gasteiger partial charge is 0.393 e. The summed E-state index contributed by atoms with van der Waals surface area (Å²) in [5.41, 5.74) is 0. The van der Waals surface area contributed by atoms with Gasteiger partial charge in [0, 0.05) is 6.42 Å². The summed E-state index contributed by atoms with van der Waals surface area (Å²) in [4.78, 5) is 0. The summed E-state index contributed by atoms with van der Waals surface area (Å²) in [6.07, 6.45) is 4.36. The first-order valence-electron chi connectivity index (χ1n) is 5.76. The van der Waals surface area contributed by atoms with Gasteiger partial charge in [-0.2, -0.15) is 0 Å². The van der Waals surface area contributed by atoms with Gasteiger partial charge in [0.2, 0.25) is 0 Å². The molecule has 1 aliphatic heterocycles. The number of aliphatic hydroxyl groups excluding tert-OH is 1. The third-order valence-electron chi connectivity index (χ3n) is 2.96. The summed E-state index contributed by atoms with van der Waals surface area (Å²) < 4.78 is 11.5. The van der Waals surface area contributed by atoms with Gasteiger partial charge in [-0.1, -0.05) is 19.9 Å². The topological polar surface area (TPSA) is 38.7 Å². The first-order chi connectivity index (χ1) is 7.15. The first-order valence-corrected chi connectivity index (χ1v) is 5.76. The van der Waals surface area contributed by atoms with Crippen molar-refractivity contribution in [2.45, 2.75) is 57.5 Å². The van der Waals surface area contributed by atoms with Gasteiger partial charge in [0.1, 0.15) is 0 Å². The summed E-state index contributed by atoms with van der Waals surface area (Å²) in [6.45, 7) is 8.32. The number of ether oxygens (including phenoxy) is 2. The Morgan fingerprint density at radius 3 is 2.67 bits per heavy atom. The van der Waals surface area contributed by atoms with Gasteiger partial charge >= 0.3 is 0 Å². The Hall–Kier alpha value is -0.380. The maximum absolute atomic E-state index is 9.62. The van der Waals surface area contributed by atoms with Gasteiger partial charge in [-0.25, -0.2) is 0 Å². The quantitative estimate of drug-likeness (QED) is 0.689. The zero-order chi connectivity index (χ0) is 11.3. The summed E-state index contributed by atoms with van der Waals surface area (Å²) in [5.74, 6) is -0.404. The Bertz CT molecular complexity index is 199. The van der Waals surface area contributed by atoms with E-state index in [4.69, 9.17) is 9.47 Å². The summed E-state index contributed by atoms with van der Waals surface area (Å²) in [6, 6.07) is 0. The van der Waals surface area contributed by atoms with E-state index in [0.717, 1.165) is 12.8 Å². The van der Waals surface area contributed by atoms with E-state index in [1.165, 1.54) is 0 Å². The molecule has 3 nitrogen and oxygen atoms in total. The van der Waals surface area contributed by atoms with Gasteiger partial charge in [-0.3, -0.25) is 0 Å². The van der Waals surface area contributed by atoms with Crippen LogP contribution >= 0.6 is 0 Å². The monoisotopic (exact) mass is 214 g/mol. The van der Waals surface area contributed by atoms with E-state index in [-0.39, 0.29) is 12.2 Å². The third-order valence-corrected chi connectivity index (χ3v) is 2.96. The van der Waals surface area contributed by atoms with E-state index in [0.29, 0.717) is 19.4 Å². The van der Waals surface area contributed by atoms with Crippen molar-refractivity contribution in [1.29, 1.82) is 0 Å². The SMILES string of the molecule is C=CC[C@H](O)C[C@@H]1COC(CC)(CC)O1. The van der Waals surface area contributed by atoms with Gasteiger partial charge in [0.25, 0.3) is 0 Å². The fourth-order valence-electron chi connectivity index (χ4n) is 1.95. The molecule has 3 heteroatoms. The Morgan fingerprint density at radius 2 is 2.20 bits per heavy atom. The van der Waals surface area contributed by atoms with E-state index in [1.807, 2.05) is 0 Å². The highest BCUT2D eigenvalue weighted by Gasteiger charge is 2.38. The molecule has 0 bridgehead atoms. The fraction of sp³-hybridized carbons (Fsp3) is 0.833. The lowest BCUT2D eigenvalue weighted by Crippen LogP contribution is -2.29. The molecule has 88 valence electrons. The van der Waals surface area contributed by atoms with Crippen molar-refractivity contribution in [3.63, 3.8) is 0 Å². The lowest BCUT2D eigenvalue weighted by atomic mass is 10.1. The molecule has 1 rings (SSSR count). The smallest absolute Gasteiger partial charge is 0.168 e. The predicted octanol–water partition coefficient (Wildman–Crippen LogP) is 2.25. The Morgan fingerprint density at radius 1 is 1.53 bits per heavy atom. The zero-order valence-corrected chi connectivity index (χ0v) is 9.74. The van der Waals surface area contributed by atoms with Crippen LogP contribution in [0.3, 0.4) is 0 Å². The van der Waals surface area contributed by atoms with Crippen molar-refractivity contribution in [2.24, 2.45) is 0 Å². The highest BCUT2D eigenvalue weighted by molar-refractivity contribution is 4.81. The minimum Gasteiger partial charge on any atom is -0.393 e. The molecule has 1 aliphatic rings. The van der Waals surface area contributed by atoms with Crippen LogP contribution in [0.4, 0.5) is 0 Å². The molecular weight excluding hydrogens is 192 g/mol. The summed E-state index contributed by atoms with van der Waals surface area (Å²) in [5, 5.41) is 9.62. The van der Waals surface area contributed by atoms with Crippen molar-refractivity contribution in [1.82, 2.24) is 0 Å². The molecule has 0 unspecified atom stereocenters. The molecule has 1 N–H and O–H groups in total. The Balaban J connectivity index is 2.38. The van der Waals surface area contributed by atoms with Crippen LogP contribution < -0.4 is 0 Å². The Kier molecular flexibility index (Phi) is 4.77. The second-order valence-electron chi connectivity index (χ2n) is 4.08. The van der Waals surface area contributed by atoms with E-state index >= 15 is 0 Å². The normalized spacial score (nSPS) is 26.5. The highest BCUT2D eigenvalue weighted by Crippen LogP contribution is 2.31. The lowest BCUT2D eigenvalue weighted by molar-refractivity contribution is -0.174. The number of aliphatic hydroxyl groups is 1. The minimum absolute atomic E-state index is 0.0276. The van der Waals surface area contributed by atoms with Crippen LogP contribution in [0.25, 0.3) is 0 Å². The molecule has 1 heterocycles. The molecule has 0 aliphatic carbocycles. The molecule has 0 aromatic heterocycles. The van der Waals surface area contributed by atoms with Crippen molar-refractivity contribution in [2.75, 3.05) is 6.61 Å². The van der Waals surface area contributed by atoms with Crippen LogP contribution in [0.2, 0.25) is 0 Å². The molecular formula is C12H22O3. The first kappa shape index (κ1) is 12.7. The predicted molar refractivity (Wildman–Crippen MR) is 59.6 cm³/mol. The van der Waals surface area contributed by atoms with Crippen molar-refractivity contribution < 1.29 is 14.6 Å². The van der Waals surface area contributed by atoms with Crippen LogP contribution in [0.15, 0.2) is 12.7 Å². The molecule has 0 radical (unpaired) electrons. The maximum atomic E-state index is 9.62. The van der Waals surface area contributed by atoms with Crippen LogP contribution in [0, 0.1) is 0 Å². The highest BCUT2D eigenvalue weighted by atomic mass is 16.7. The molecule has 0 aromatic carbocycles. The fourth-order valence-corrected chi connectivity index (χ4v) is 1.95. The molecule has 1 saturated heterocycles. The summed E-state index contributed by atoms with van der Waals surface area (Å²) in [7, 11) is 0. The molecule has 0 spiro atoms. The third kappa shape index (κ3) is 3.30. The number of rotatable bonds is 6. The summed E-state index contributed by atoms with van der Waals surface area (Å²) >= 11 is 0. The van der Waals surface area contributed by atoms with Gasteiger partial charge in [0.05, 0.1) is 18.8 Å². The molecule has 0 aromatic rings. The molecule has 0 amide bonds. The average Bonchev–Trinajstić information content (AvgIpc) is 2.63. The second-order valence-corrected chi connectivity index (χ2v) is 4.08. The van der Waals surface area contributed by atoms with Crippen LogP contribution in [0.1, 0.15) is 39.5 Å². The van der Waals surface area contributed by atoms with Crippen molar-refractivity contribution in [3.8, 4) is 0 Å². The molecule has 15 heavy (non-hydrogen) atoms. The maximum Gasteiger partial charge on any atom is 0.168 e. The van der Waals surface area contributed by atoms with Gasteiger partial charge < -0.3 is 14.6 Å². The van der Waals surface area contributed by atoms with Gasteiger partial charge in [-0.15, -0.1) is 6.58 Å². The number of hydrogen-bond donors (Lipinski definition) is 1. The minimum atomic E-state index is -0.404. The molecule has 0 saturated carbocycles. The number of hydrogen-bond acceptors (Lipinski definition) is 3. The van der Waals surface area contributed by atoms with E-state index in [2.05, 4.69) is 20.4 Å². The van der Waals surface area contributed by atoms with Crippen molar-refractivity contribution >= 4 is 0 Å². The van der Waals surface area contributed by atoms with Crippen molar-refractivity contribution in [3.05, 3.63) is 12.7 Å². The van der Waals surface area contributed by atoms with Crippen LogP contribution in [-0.2, 0) is 9.47 Å².